The Morgan fingerprint density at radius 3 is 2.46 bits per heavy atom. The van der Waals surface area contributed by atoms with E-state index in [2.05, 4.69) is 10.6 Å². The molecule has 0 radical (unpaired) electrons. The first-order valence-electron chi connectivity index (χ1n) is 7.62. The van der Waals surface area contributed by atoms with Crippen LogP contribution in [0.4, 0.5) is 5.69 Å². The maximum Gasteiger partial charge on any atom is 0.265 e. The van der Waals surface area contributed by atoms with Crippen molar-refractivity contribution in [3.63, 3.8) is 0 Å². The first-order chi connectivity index (χ1) is 11.1. The topological polar surface area (TPSA) is 84.2 Å². The van der Waals surface area contributed by atoms with E-state index in [0.29, 0.717) is 28.6 Å². The molecule has 1 aliphatic rings. The van der Waals surface area contributed by atoms with Crippen LogP contribution in [0, 0.1) is 5.92 Å². The van der Waals surface area contributed by atoms with Gasteiger partial charge in [0.05, 0.1) is 4.88 Å². The standard InChI is InChI=1S/C17H19N3O2S.ClH/c18-14(11-3-4-11)10-19-16(21)12-5-7-13(8-6-12)20-17(22)15-2-1-9-23-15;/h1-2,5-9,11,14H,3-4,10,18H2,(H,19,21)(H,20,22);1H. The fraction of sp³-hybridized carbons (Fsp3) is 0.294. The van der Waals surface area contributed by atoms with Crippen LogP contribution in [0.1, 0.15) is 32.9 Å². The first kappa shape index (κ1) is 18.4. The summed E-state index contributed by atoms with van der Waals surface area (Å²) in [6.07, 6.45) is 2.32. The molecular weight excluding hydrogens is 346 g/mol. The molecule has 0 aliphatic heterocycles. The van der Waals surface area contributed by atoms with Gasteiger partial charge in [0.15, 0.2) is 0 Å². The van der Waals surface area contributed by atoms with Gasteiger partial charge < -0.3 is 16.4 Å². The lowest BCUT2D eigenvalue weighted by Crippen LogP contribution is -2.38. The number of amides is 2. The number of benzene rings is 1. The fourth-order valence-corrected chi connectivity index (χ4v) is 2.93. The van der Waals surface area contributed by atoms with E-state index in [-0.39, 0.29) is 30.3 Å². The van der Waals surface area contributed by atoms with Crippen molar-refractivity contribution >= 4 is 41.2 Å². The number of rotatable bonds is 6. The average molecular weight is 366 g/mol. The highest BCUT2D eigenvalue weighted by Crippen LogP contribution is 2.31. The number of hydrogen-bond acceptors (Lipinski definition) is 4. The van der Waals surface area contributed by atoms with Crippen molar-refractivity contribution in [2.24, 2.45) is 11.7 Å². The van der Waals surface area contributed by atoms with Crippen molar-refractivity contribution in [2.75, 3.05) is 11.9 Å². The molecule has 1 saturated carbocycles. The number of anilines is 1. The van der Waals surface area contributed by atoms with Gasteiger partial charge in [0, 0.05) is 23.8 Å². The second kappa shape index (κ2) is 8.28. The highest BCUT2D eigenvalue weighted by Gasteiger charge is 2.28. The van der Waals surface area contributed by atoms with Crippen molar-refractivity contribution in [2.45, 2.75) is 18.9 Å². The van der Waals surface area contributed by atoms with E-state index in [4.69, 9.17) is 5.73 Å². The van der Waals surface area contributed by atoms with E-state index in [0.717, 1.165) is 12.8 Å². The largest absolute Gasteiger partial charge is 0.350 e. The molecule has 0 saturated heterocycles. The third-order valence-electron chi connectivity index (χ3n) is 3.88. The Hall–Kier alpha value is -1.89. The van der Waals surface area contributed by atoms with Gasteiger partial charge in [-0.05, 0) is 54.5 Å². The zero-order chi connectivity index (χ0) is 16.2. The van der Waals surface area contributed by atoms with Crippen LogP contribution in [-0.4, -0.2) is 24.4 Å². The van der Waals surface area contributed by atoms with Gasteiger partial charge in [-0.25, -0.2) is 0 Å². The third-order valence-corrected chi connectivity index (χ3v) is 4.74. The number of halogens is 1. The molecule has 1 atom stereocenters. The molecule has 1 fully saturated rings. The van der Waals surface area contributed by atoms with Crippen LogP contribution in [0.15, 0.2) is 41.8 Å². The summed E-state index contributed by atoms with van der Waals surface area (Å²) in [4.78, 5) is 24.7. The van der Waals surface area contributed by atoms with Crippen LogP contribution in [0.5, 0.6) is 0 Å². The molecule has 1 aromatic heterocycles. The summed E-state index contributed by atoms with van der Waals surface area (Å²) in [6, 6.07) is 10.5. The SMILES string of the molecule is Cl.NC(CNC(=O)c1ccc(NC(=O)c2cccs2)cc1)C1CC1. The number of nitrogens with one attached hydrogen (secondary N) is 2. The van der Waals surface area contributed by atoms with Gasteiger partial charge >= 0.3 is 0 Å². The van der Waals surface area contributed by atoms with Crippen molar-refractivity contribution in [3.05, 3.63) is 52.2 Å². The molecule has 4 N–H and O–H groups in total. The Labute approximate surface area is 151 Å². The van der Waals surface area contributed by atoms with Crippen molar-refractivity contribution < 1.29 is 9.59 Å². The van der Waals surface area contributed by atoms with Crippen molar-refractivity contribution in [1.29, 1.82) is 0 Å². The first-order valence-corrected chi connectivity index (χ1v) is 8.50. The Morgan fingerprint density at radius 2 is 1.88 bits per heavy atom. The smallest absolute Gasteiger partial charge is 0.265 e. The second-order valence-electron chi connectivity index (χ2n) is 5.72. The molecular formula is C17H20ClN3O2S. The van der Waals surface area contributed by atoms with E-state index in [1.54, 1.807) is 30.3 Å². The number of carbonyl (C=O) groups excluding carboxylic acids is 2. The maximum absolute atomic E-state index is 12.1. The Balaban J connectivity index is 0.00000208. The normalized spacial score (nSPS) is 14.4. The zero-order valence-corrected chi connectivity index (χ0v) is 14.7. The van der Waals surface area contributed by atoms with Gasteiger partial charge in [0.25, 0.3) is 11.8 Å². The minimum absolute atomic E-state index is 0. The lowest BCUT2D eigenvalue weighted by atomic mass is 10.1. The monoisotopic (exact) mass is 365 g/mol. The third kappa shape index (κ3) is 4.80. The molecule has 1 unspecified atom stereocenters. The lowest BCUT2D eigenvalue weighted by Gasteiger charge is -2.12. The van der Waals surface area contributed by atoms with E-state index >= 15 is 0 Å². The highest BCUT2D eigenvalue weighted by atomic mass is 35.5. The van der Waals surface area contributed by atoms with Crippen LogP contribution in [0.2, 0.25) is 0 Å². The van der Waals surface area contributed by atoms with Gasteiger partial charge in [-0.3, -0.25) is 9.59 Å². The quantitative estimate of drug-likeness (QED) is 0.735. The molecule has 1 aliphatic carbocycles. The molecule has 128 valence electrons. The summed E-state index contributed by atoms with van der Waals surface area (Å²) in [5, 5.41) is 7.51. The molecule has 0 bridgehead atoms. The van der Waals surface area contributed by atoms with E-state index in [9.17, 15) is 9.59 Å². The molecule has 24 heavy (non-hydrogen) atoms. The van der Waals surface area contributed by atoms with E-state index in [1.165, 1.54) is 11.3 Å². The number of carbonyl (C=O) groups is 2. The lowest BCUT2D eigenvalue weighted by molar-refractivity contribution is 0.0949. The van der Waals surface area contributed by atoms with Crippen molar-refractivity contribution in [3.8, 4) is 0 Å². The molecule has 3 rings (SSSR count). The van der Waals surface area contributed by atoms with Crippen LogP contribution in [0.25, 0.3) is 0 Å². The summed E-state index contributed by atoms with van der Waals surface area (Å²) >= 11 is 1.39. The van der Waals surface area contributed by atoms with Crippen LogP contribution >= 0.6 is 23.7 Å². The second-order valence-corrected chi connectivity index (χ2v) is 6.67. The molecule has 7 heteroatoms. The minimum atomic E-state index is -0.146. The van der Waals surface area contributed by atoms with E-state index in [1.807, 2.05) is 11.4 Å². The van der Waals surface area contributed by atoms with Crippen LogP contribution < -0.4 is 16.4 Å². The van der Waals surface area contributed by atoms with Gasteiger partial charge in [0.1, 0.15) is 0 Å². The zero-order valence-electron chi connectivity index (χ0n) is 13.0. The maximum atomic E-state index is 12.1. The molecule has 0 spiro atoms. The predicted molar refractivity (Wildman–Crippen MR) is 99.0 cm³/mol. The molecule has 1 heterocycles. The molecule has 5 nitrogen and oxygen atoms in total. The molecule has 2 aromatic rings. The average Bonchev–Trinajstić information content (AvgIpc) is 3.27. The van der Waals surface area contributed by atoms with Gasteiger partial charge in [-0.2, -0.15) is 0 Å². The summed E-state index contributed by atoms with van der Waals surface area (Å²) in [7, 11) is 0. The van der Waals surface area contributed by atoms with Gasteiger partial charge in [-0.15, -0.1) is 23.7 Å². The summed E-state index contributed by atoms with van der Waals surface area (Å²) < 4.78 is 0. The Bertz CT molecular complexity index is 684. The molecule has 2 amide bonds. The van der Waals surface area contributed by atoms with Crippen LogP contribution in [-0.2, 0) is 0 Å². The van der Waals surface area contributed by atoms with Crippen LogP contribution in [0.3, 0.4) is 0 Å². The number of thiophene rings is 1. The van der Waals surface area contributed by atoms with Gasteiger partial charge in [-0.1, -0.05) is 6.07 Å². The number of nitrogens with two attached hydrogens (primary N) is 1. The number of hydrogen-bond donors (Lipinski definition) is 3. The highest BCUT2D eigenvalue weighted by molar-refractivity contribution is 7.12. The summed E-state index contributed by atoms with van der Waals surface area (Å²) in [5.41, 5.74) is 7.19. The Morgan fingerprint density at radius 1 is 1.17 bits per heavy atom. The minimum Gasteiger partial charge on any atom is -0.350 e. The summed E-state index contributed by atoms with van der Waals surface area (Å²) in [6.45, 7) is 0.500. The summed E-state index contributed by atoms with van der Waals surface area (Å²) in [5.74, 6) is 0.273. The molecule has 1 aromatic carbocycles. The fourth-order valence-electron chi connectivity index (χ4n) is 2.31. The van der Waals surface area contributed by atoms with E-state index < -0.39 is 0 Å². The predicted octanol–water partition coefficient (Wildman–Crippen LogP) is 2.89. The van der Waals surface area contributed by atoms with Crippen molar-refractivity contribution in [1.82, 2.24) is 5.32 Å². The van der Waals surface area contributed by atoms with Gasteiger partial charge in [0.2, 0.25) is 0 Å². The Kier molecular flexibility index (Phi) is 6.36.